The highest BCUT2D eigenvalue weighted by atomic mass is 32.2. The number of piperidine rings is 1. The maximum Gasteiger partial charge on any atom is 0.338 e. The van der Waals surface area contributed by atoms with Gasteiger partial charge in [-0.3, -0.25) is 9.45 Å². The van der Waals surface area contributed by atoms with E-state index in [1.54, 1.807) is 31.4 Å². The molecule has 11 heteroatoms. The smallest absolute Gasteiger partial charge is 0.338 e. The molecule has 0 atom stereocenters. The van der Waals surface area contributed by atoms with Gasteiger partial charge in [-0.05, 0) is 67.8 Å². The molecule has 1 fully saturated rings. The SMILES string of the molecule is COc1ccc2oc(=O)cc(NC3CCN(Cc4ccc5c(c4)OCO5)CC3)c2c1.Cc1ccc(S(=O)(=O)O)cc1. The van der Waals surface area contributed by atoms with Gasteiger partial charge in [0.2, 0.25) is 6.79 Å². The zero-order chi connectivity index (χ0) is 29.0. The van der Waals surface area contributed by atoms with E-state index in [4.69, 9.17) is 23.2 Å². The number of hydrogen-bond acceptors (Lipinski definition) is 9. The summed E-state index contributed by atoms with van der Waals surface area (Å²) < 4.78 is 51.1. The summed E-state index contributed by atoms with van der Waals surface area (Å²) in [6.07, 6.45) is 1.99. The molecule has 6 rings (SSSR count). The first-order chi connectivity index (χ1) is 19.7. The minimum Gasteiger partial charge on any atom is -0.497 e. The second kappa shape index (κ2) is 12.2. The highest BCUT2D eigenvalue weighted by Crippen LogP contribution is 2.33. The molecule has 4 aromatic rings. The fourth-order valence-corrected chi connectivity index (χ4v) is 5.33. The molecule has 3 aromatic carbocycles. The van der Waals surface area contributed by atoms with E-state index in [0.717, 1.165) is 66.4 Å². The van der Waals surface area contributed by atoms with Crippen LogP contribution in [0.15, 0.2) is 80.8 Å². The van der Waals surface area contributed by atoms with E-state index in [1.807, 2.05) is 19.1 Å². The Kier molecular flexibility index (Phi) is 8.48. The summed E-state index contributed by atoms with van der Waals surface area (Å²) in [6, 6.07) is 19.4. The lowest BCUT2D eigenvalue weighted by Crippen LogP contribution is -2.38. The van der Waals surface area contributed by atoms with E-state index < -0.39 is 10.1 Å². The molecule has 0 saturated carbocycles. The summed E-state index contributed by atoms with van der Waals surface area (Å²) in [5, 5.41) is 4.41. The summed E-state index contributed by atoms with van der Waals surface area (Å²) in [5.41, 5.74) is 3.19. The summed E-state index contributed by atoms with van der Waals surface area (Å²) >= 11 is 0. The molecule has 0 amide bonds. The number of likely N-dealkylation sites (tertiary alicyclic amines) is 1. The van der Waals surface area contributed by atoms with E-state index in [9.17, 15) is 13.2 Å². The molecule has 2 aliphatic heterocycles. The Bertz CT molecular complexity index is 1680. The molecule has 41 heavy (non-hydrogen) atoms. The molecule has 0 spiro atoms. The van der Waals surface area contributed by atoms with Gasteiger partial charge in [0.25, 0.3) is 10.1 Å². The van der Waals surface area contributed by atoms with Crippen LogP contribution in [-0.4, -0.2) is 50.9 Å². The van der Waals surface area contributed by atoms with Crippen LogP contribution in [0.5, 0.6) is 17.2 Å². The Morgan fingerprint density at radius 1 is 0.976 bits per heavy atom. The van der Waals surface area contributed by atoms with Gasteiger partial charge in [-0.25, -0.2) is 4.79 Å². The van der Waals surface area contributed by atoms with E-state index in [-0.39, 0.29) is 10.5 Å². The molecule has 2 N–H and O–H groups in total. The number of hydrogen-bond donors (Lipinski definition) is 2. The highest BCUT2D eigenvalue weighted by Gasteiger charge is 2.21. The Hall–Kier alpha value is -4.06. The van der Waals surface area contributed by atoms with E-state index in [2.05, 4.69) is 22.3 Å². The van der Waals surface area contributed by atoms with Gasteiger partial charge in [0.1, 0.15) is 11.3 Å². The lowest BCUT2D eigenvalue weighted by Gasteiger charge is -2.33. The Labute approximate surface area is 238 Å². The molecular formula is C30H32N2O8S. The van der Waals surface area contributed by atoms with Crippen LogP contribution in [0.25, 0.3) is 11.0 Å². The molecule has 0 bridgehead atoms. The molecule has 0 radical (unpaired) electrons. The molecule has 216 valence electrons. The number of nitrogens with zero attached hydrogens (tertiary/aromatic N) is 1. The Morgan fingerprint density at radius 2 is 1.71 bits per heavy atom. The number of aryl methyl sites for hydroxylation is 1. The standard InChI is InChI=1S/C23H24N2O5.C7H8O3S/c1-27-17-3-5-20-18(11-17)19(12-23(26)30-20)24-16-6-8-25(9-7-16)13-15-2-4-21-22(10-15)29-14-28-21;1-6-2-4-7(5-3-6)11(8,9)10/h2-5,10-12,16,24H,6-9,13-14H2,1H3;2-5H,1H3,(H,8,9,10). The van der Waals surface area contributed by atoms with Crippen LogP contribution < -0.4 is 25.2 Å². The summed E-state index contributed by atoms with van der Waals surface area (Å²) in [4.78, 5) is 14.3. The van der Waals surface area contributed by atoms with Gasteiger partial charge in [-0.2, -0.15) is 8.42 Å². The molecule has 10 nitrogen and oxygen atoms in total. The maximum atomic E-state index is 12.0. The van der Waals surface area contributed by atoms with Gasteiger partial charge in [0.15, 0.2) is 11.5 Å². The number of anilines is 1. The summed E-state index contributed by atoms with van der Waals surface area (Å²) in [5.74, 6) is 2.38. The predicted octanol–water partition coefficient (Wildman–Crippen LogP) is 4.85. The van der Waals surface area contributed by atoms with Crippen molar-refractivity contribution in [2.24, 2.45) is 0 Å². The Morgan fingerprint density at radius 3 is 2.41 bits per heavy atom. The van der Waals surface area contributed by atoms with Gasteiger partial charge in [0.05, 0.1) is 17.7 Å². The first kappa shape index (κ1) is 28.5. The molecule has 0 unspecified atom stereocenters. The lowest BCUT2D eigenvalue weighted by atomic mass is 10.0. The second-order valence-corrected chi connectivity index (χ2v) is 11.4. The highest BCUT2D eigenvalue weighted by molar-refractivity contribution is 7.85. The van der Waals surface area contributed by atoms with Crippen molar-refractivity contribution in [1.29, 1.82) is 0 Å². The quantitative estimate of drug-likeness (QED) is 0.241. The number of nitrogens with one attached hydrogen (secondary N) is 1. The zero-order valence-corrected chi connectivity index (χ0v) is 23.6. The number of methoxy groups -OCH3 is 1. The molecular weight excluding hydrogens is 548 g/mol. The Balaban J connectivity index is 0.000000259. The fraction of sp³-hybridized carbons (Fsp3) is 0.300. The third-order valence-corrected chi connectivity index (χ3v) is 7.93. The van der Waals surface area contributed by atoms with Crippen LogP contribution in [0.4, 0.5) is 5.69 Å². The van der Waals surface area contributed by atoms with Crippen LogP contribution in [-0.2, 0) is 16.7 Å². The molecule has 1 saturated heterocycles. The monoisotopic (exact) mass is 580 g/mol. The van der Waals surface area contributed by atoms with Crippen LogP contribution in [0.1, 0.15) is 24.0 Å². The van der Waals surface area contributed by atoms with Crippen molar-refractivity contribution in [3.63, 3.8) is 0 Å². The van der Waals surface area contributed by atoms with Crippen molar-refractivity contribution in [1.82, 2.24) is 4.90 Å². The van der Waals surface area contributed by atoms with Crippen LogP contribution in [0.3, 0.4) is 0 Å². The largest absolute Gasteiger partial charge is 0.497 e. The maximum absolute atomic E-state index is 12.0. The van der Waals surface area contributed by atoms with Crippen LogP contribution in [0.2, 0.25) is 0 Å². The average molecular weight is 581 g/mol. The zero-order valence-electron chi connectivity index (χ0n) is 22.8. The number of ether oxygens (including phenoxy) is 3. The first-order valence-corrected chi connectivity index (χ1v) is 14.7. The predicted molar refractivity (Wildman–Crippen MR) is 155 cm³/mol. The third kappa shape index (κ3) is 7.18. The summed E-state index contributed by atoms with van der Waals surface area (Å²) in [6.45, 7) is 4.99. The molecule has 0 aliphatic carbocycles. The van der Waals surface area contributed by atoms with E-state index >= 15 is 0 Å². The van der Waals surface area contributed by atoms with Crippen LogP contribution in [0, 0.1) is 6.92 Å². The van der Waals surface area contributed by atoms with Crippen LogP contribution >= 0.6 is 0 Å². The number of fused-ring (bicyclic) bond motifs is 2. The third-order valence-electron chi connectivity index (χ3n) is 7.06. The molecule has 2 aliphatic rings. The number of benzene rings is 3. The lowest BCUT2D eigenvalue weighted by molar-refractivity contribution is 0.173. The van der Waals surface area contributed by atoms with E-state index in [1.165, 1.54) is 23.8 Å². The van der Waals surface area contributed by atoms with Gasteiger partial charge in [-0.15, -0.1) is 0 Å². The fourth-order valence-electron chi connectivity index (χ4n) is 4.85. The van der Waals surface area contributed by atoms with Gasteiger partial charge >= 0.3 is 5.63 Å². The number of rotatable bonds is 6. The molecule has 1 aromatic heterocycles. The van der Waals surface area contributed by atoms with Crippen molar-refractivity contribution in [2.75, 3.05) is 32.3 Å². The van der Waals surface area contributed by atoms with Gasteiger partial charge < -0.3 is 23.9 Å². The van der Waals surface area contributed by atoms with Crippen molar-refractivity contribution in [3.8, 4) is 17.2 Å². The van der Waals surface area contributed by atoms with Gasteiger partial charge in [-0.1, -0.05) is 23.8 Å². The minimum atomic E-state index is -4.02. The topological polar surface area (TPSA) is 128 Å². The summed E-state index contributed by atoms with van der Waals surface area (Å²) in [7, 11) is -2.39. The van der Waals surface area contributed by atoms with Crippen molar-refractivity contribution in [2.45, 2.75) is 37.2 Å². The van der Waals surface area contributed by atoms with Gasteiger partial charge in [0, 0.05) is 37.1 Å². The van der Waals surface area contributed by atoms with Crippen molar-refractivity contribution >= 4 is 26.8 Å². The normalized spacial score (nSPS) is 15.3. The first-order valence-electron chi connectivity index (χ1n) is 13.2. The van der Waals surface area contributed by atoms with E-state index in [0.29, 0.717) is 18.4 Å². The minimum absolute atomic E-state index is 0.0666. The molecule has 3 heterocycles. The second-order valence-electron chi connectivity index (χ2n) is 10.0. The van der Waals surface area contributed by atoms with Crippen molar-refractivity contribution < 1.29 is 31.6 Å². The average Bonchev–Trinajstić information content (AvgIpc) is 3.42. The van der Waals surface area contributed by atoms with Crippen molar-refractivity contribution in [3.05, 3.63) is 88.3 Å².